The topological polar surface area (TPSA) is 6.48 Å². The molecule has 0 spiro atoms. The maximum absolute atomic E-state index is 3.46. The van der Waals surface area contributed by atoms with Gasteiger partial charge in [0.25, 0.3) is 0 Å². The summed E-state index contributed by atoms with van der Waals surface area (Å²) in [5, 5.41) is 0. The lowest BCUT2D eigenvalue weighted by atomic mass is 10.2. The van der Waals surface area contributed by atoms with E-state index in [-0.39, 0.29) is 0 Å². The molecule has 0 bridgehead atoms. The SMILES string of the molecule is CCN(Cc1ccccc1)c1ccc(Br)cc1.CCN(Cc1ccccc1)c1ccccc1. The highest BCUT2D eigenvalue weighted by atomic mass is 79.9. The molecule has 4 aromatic rings. The Labute approximate surface area is 207 Å². The van der Waals surface area contributed by atoms with E-state index >= 15 is 0 Å². The minimum absolute atomic E-state index is 0.957. The Balaban J connectivity index is 0.000000186. The predicted octanol–water partition coefficient (Wildman–Crippen LogP) is 8.19. The molecule has 3 heteroatoms. The van der Waals surface area contributed by atoms with Crippen LogP contribution in [0.25, 0.3) is 0 Å². The van der Waals surface area contributed by atoms with Gasteiger partial charge in [-0.25, -0.2) is 0 Å². The molecule has 33 heavy (non-hydrogen) atoms. The summed E-state index contributed by atoms with van der Waals surface area (Å²) in [5.74, 6) is 0. The lowest BCUT2D eigenvalue weighted by Gasteiger charge is -2.23. The molecule has 0 atom stereocenters. The van der Waals surface area contributed by atoms with Crippen LogP contribution in [0, 0.1) is 0 Å². The quantitative estimate of drug-likeness (QED) is 0.240. The molecule has 0 aliphatic rings. The molecule has 170 valence electrons. The average molecular weight is 502 g/mol. The molecule has 2 nitrogen and oxygen atoms in total. The molecule has 0 amide bonds. The summed E-state index contributed by atoms with van der Waals surface area (Å²) in [5.41, 5.74) is 5.25. The average Bonchev–Trinajstić information content (AvgIpc) is 2.88. The van der Waals surface area contributed by atoms with Crippen LogP contribution >= 0.6 is 15.9 Å². The van der Waals surface area contributed by atoms with Crippen molar-refractivity contribution in [3.63, 3.8) is 0 Å². The van der Waals surface area contributed by atoms with Crippen LogP contribution in [0.15, 0.2) is 120 Å². The van der Waals surface area contributed by atoms with E-state index in [1.807, 2.05) is 0 Å². The van der Waals surface area contributed by atoms with Gasteiger partial charge in [0, 0.05) is 42.0 Å². The molecule has 4 aromatic carbocycles. The number of benzene rings is 4. The van der Waals surface area contributed by atoms with E-state index < -0.39 is 0 Å². The molecule has 0 saturated carbocycles. The number of hydrogen-bond acceptors (Lipinski definition) is 2. The molecular formula is C30H33BrN2. The van der Waals surface area contributed by atoms with E-state index in [2.05, 4.69) is 155 Å². The highest BCUT2D eigenvalue weighted by Gasteiger charge is 2.05. The first kappa shape index (κ1) is 24.6. The highest BCUT2D eigenvalue weighted by molar-refractivity contribution is 9.10. The maximum atomic E-state index is 3.46. The Hall–Kier alpha value is -3.04. The Morgan fingerprint density at radius 2 is 0.848 bits per heavy atom. The van der Waals surface area contributed by atoms with Gasteiger partial charge in [0.1, 0.15) is 0 Å². The molecule has 0 aliphatic heterocycles. The van der Waals surface area contributed by atoms with Crippen molar-refractivity contribution < 1.29 is 0 Å². The third-order valence-corrected chi connectivity index (χ3v) is 6.04. The van der Waals surface area contributed by atoms with Crippen LogP contribution in [-0.4, -0.2) is 13.1 Å². The fourth-order valence-electron chi connectivity index (χ4n) is 3.67. The third-order valence-electron chi connectivity index (χ3n) is 5.51. The van der Waals surface area contributed by atoms with E-state index in [1.54, 1.807) is 0 Å². The number of halogens is 1. The van der Waals surface area contributed by atoms with E-state index in [9.17, 15) is 0 Å². The van der Waals surface area contributed by atoms with Crippen molar-refractivity contribution in [2.45, 2.75) is 26.9 Å². The summed E-state index contributed by atoms with van der Waals surface area (Å²) in [6, 6.07) is 40.2. The number of nitrogens with zero attached hydrogens (tertiary/aromatic N) is 2. The zero-order valence-corrected chi connectivity index (χ0v) is 21.2. The molecule has 0 unspecified atom stereocenters. The Bertz CT molecular complexity index is 1030. The monoisotopic (exact) mass is 500 g/mol. The molecule has 0 N–H and O–H groups in total. The summed E-state index contributed by atoms with van der Waals surface area (Å²) in [6.07, 6.45) is 0. The van der Waals surface area contributed by atoms with Gasteiger partial charge >= 0.3 is 0 Å². The van der Waals surface area contributed by atoms with E-state index in [1.165, 1.54) is 22.5 Å². The van der Waals surface area contributed by atoms with Gasteiger partial charge in [-0.05, 0) is 61.4 Å². The lowest BCUT2D eigenvalue weighted by Crippen LogP contribution is -2.21. The fourth-order valence-corrected chi connectivity index (χ4v) is 3.93. The van der Waals surface area contributed by atoms with Crippen LogP contribution in [-0.2, 0) is 13.1 Å². The Kier molecular flexibility index (Phi) is 10.1. The minimum Gasteiger partial charge on any atom is -0.367 e. The fraction of sp³-hybridized carbons (Fsp3) is 0.200. The minimum atomic E-state index is 0.957. The predicted molar refractivity (Wildman–Crippen MR) is 147 cm³/mol. The second-order valence-corrected chi connectivity index (χ2v) is 8.73. The molecule has 0 saturated heterocycles. The van der Waals surface area contributed by atoms with Gasteiger partial charge in [-0.2, -0.15) is 0 Å². The van der Waals surface area contributed by atoms with Crippen molar-refractivity contribution in [1.29, 1.82) is 0 Å². The molecule has 0 heterocycles. The normalized spacial score (nSPS) is 10.2. The van der Waals surface area contributed by atoms with Gasteiger partial charge in [-0.1, -0.05) is 94.8 Å². The zero-order chi connectivity index (χ0) is 23.3. The standard InChI is InChI=1S/C15H16BrN.C15H17N/c1-2-17(12-13-6-4-3-5-7-13)15-10-8-14(16)9-11-15;1-2-16(15-11-7-4-8-12-15)13-14-9-5-3-6-10-14/h3-11H,2,12H2,1H3;3-12H,2,13H2,1H3. The van der Waals surface area contributed by atoms with Crippen LogP contribution in [0.1, 0.15) is 25.0 Å². The highest BCUT2D eigenvalue weighted by Crippen LogP contribution is 2.20. The van der Waals surface area contributed by atoms with Crippen LogP contribution < -0.4 is 9.80 Å². The molecule has 0 fully saturated rings. The third kappa shape index (κ3) is 8.11. The van der Waals surface area contributed by atoms with E-state index in [0.29, 0.717) is 0 Å². The van der Waals surface area contributed by atoms with Gasteiger partial charge in [0.2, 0.25) is 0 Å². The zero-order valence-electron chi connectivity index (χ0n) is 19.6. The summed E-state index contributed by atoms with van der Waals surface area (Å²) in [6.45, 7) is 8.34. The number of rotatable bonds is 8. The first-order chi connectivity index (χ1) is 16.2. The second kappa shape index (κ2) is 13.5. The first-order valence-electron chi connectivity index (χ1n) is 11.6. The molecular weight excluding hydrogens is 468 g/mol. The first-order valence-corrected chi connectivity index (χ1v) is 12.4. The van der Waals surface area contributed by atoms with Crippen LogP contribution in [0.5, 0.6) is 0 Å². The summed E-state index contributed by atoms with van der Waals surface area (Å²) < 4.78 is 1.12. The van der Waals surface area contributed by atoms with Crippen molar-refractivity contribution in [3.8, 4) is 0 Å². The number of anilines is 2. The lowest BCUT2D eigenvalue weighted by molar-refractivity contribution is 0.832. The largest absolute Gasteiger partial charge is 0.367 e. The van der Waals surface area contributed by atoms with Gasteiger partial charge in [0.15, 0.2) is 0 Å². The Morgan fingerprint density at radius 1 is 0.485 bits per heavy atom. The van der Waals surface area contributed by atoms with E-state index in [0.717, 1.165) is 30.7 Å². The van der Waals surface area contributed by atoms with Gasteiger partial charge in [0.05, 0.1) is 0 Å². The molecule has 0 aliphatic carbocycles. The summed E-state index contributed by atoms with van der Waals surface area (Å²) >= 11 is 3.46. The maximum Gasteiger partial charge on any atom is 0.0429 e. The van der Waals surface area contributed by atoms with Crippen molar-refractivity contribution in [2.75, 3.05) is 22.9 Å². The molecule has 4 rings (SSSR count). The van der Waals surface area contributed by atoms with Crippen molar-refractivity contribution >= 4 is 27.3 Å². The summed E-state index contributed by atoms with van der Waals surface area (Å²) in [7, 11) is 0. The smallest absolute Gasteiger partial charge is 0.0429 e. The number of hydrogen-bond donors (Lipinski definition) is 0. The van der Waals surface area contributed by atoms with Crippen molar-refractivity contribution in [1.82, 2.24) is 0 Å². The van der Waals surface area contributed by atoms with Crippen molar-refractivity contribution in [3.05, 3.63) is 131 Å². The second-order valence-electron chi connectivity index (χ2n) is 7.81. The van der Waals surface area contributed by atoms with Gasteiger partial charge < -0.3 is 9.80 Å². The van der Waals surface area contributed by atoms with Crippen LogP contribution in [0.3, 0.4) is 0 Å². The van der Waals surface area contributed by atoms with E-state index in [4.69, 9.17) is 0 Å². The summed E-state index contributed by atoms with van der Waals surface area (Å²) in [4.78, 5) is 4.73. The molecule has 0 aromatic heterocycles. The molecule has 0 radical (unpaired) electrons. The van der Waals surface area contributed by atoms with Gasteiger partial charge in [-0.15, -0.1) is 0 Å². The Morgan fingerprint density at radius 3 is 1.24 bits per heavy atom. The number of para-hydroxylation sites is 1. The van der Waals surface area contributed by atoms with Crippen molar-refractivity contribution in [2.24, 2.45) is 0 Å². The van der Waals surface area contributed by atoms with Crippen LogP contribution in [0.4, 0.5) is 11.4 Å². The van der Waals surface area contributed by atoms with Gasteiger partial charge in [-0.3, -0.25) is 0 Å². The van der Waals surface area contributed by atoms with Crippen LogP contribution in [0.2, 0.25) is 0 Å².